The average molecular weight is 243 g/mol. The highest BCUT2D eigenvalue weighted by Crippen LogP contribution is 2.21. The van der Waals surface area contributed by atoms with Gasteiger partial charge in [-0.15, -0.1) is 0 Å². The van der Waals surface area contributed by atoms with Gasteiger partial charge in [-0.05, 0) is 47.5 Å². The molecule has 100 valence electrons. The maximum absolute atomic E-state index is 12.0. The molecule has 0 N–H and O–H groups in total. The molecule has 0 aromatic heterocycles. The molecule has 0 spiro atoms. The number of carbonyl (C=O) groups is 1. The molecule has 0 aromatic rings. The second kappa shape index (κ2) is 5.71. The number of rotatable bonds is 3. The first-order chi connectivity index (χ1) is 7.79. The maximum Gasteiger partial charge on any atom is 0.410 e. The summed E-state index contributed by atoms with van der Waals surface area (Å²) in [7, 11) is 0. The lowest BCUT2D eigenvalue weighted by Crippen LogP contribution is -2.42. The second-order valence-corrected chi connectivity index (χ2v) is 5.85. The van der Waals surface area contributed by atoms with Gasteiger partial charge in [-0.1, -0.05) is 0 Å². The van der Waals surface area contributed by atoms with Crippen molar-refractivity contribution >= 4 is 6.09 Å². The van der Waals surface area contributed by atoms with Crippen molar-refractivity contribution in [2.45, 2.75) is 65.2 Å². The normalized spacial score (nSPS) is 21.1. The van der Waals surface area contributed by atoms with Crippen molar-refractivity contribution in [3.05, 3.63) is 0 Å². The fourth-order valence-corrected chi connectivity index (χ4v) is 1.87. The molecule has 1 amide bonds. The third-order valence-corrected chi connectivity index (χ3v) is 2.63. The van der Waals surface area contributed by atoms with Crippen LogP contribution < -0.4 is 0 Å². The van der Waals surface area contributed by atoms with E-state index >= 15 is 0 Å². The van der Waals surface area contributed by atoms with E-state index in [0.29, 0.717) is 6.61 Å². The molecule has 0 aliphatic carbocycles. The Bertz CT molecular complexity index is 258. The lowest BCUT2D eigenvalue weighted by Gasteiger charge is -2.28. The summed E-state index contributed by atoms with van der Waals surface area (Å²) in [5.41, 5.74) is -0.427. The molecule has 17 heavy (non-hydrogen) atoms. The quantitative estimate of drug-likeness (QED) is 0.765. The van der Waals surface area contributed by atoms with E-state index < -0.39 is 5.60 Å². The van der Waals surface area contributed by atoms with Gasteiger partial charge in [0.15, 0.2) is 0 Å². The molecule has 4 nitrogen and oxygen atoms in total. The molecule has 1 saturated heterocycles. The fraction of sp³-hybridized carbons (Fsp3) is 0.923. The lowest BCUT2D eigenvalue weighted by molar-refractivity contribution is 0.00186. The standard InChI is InChI=1S/C13H25NO3/c1-10(2)16-9-11-7-6-8-14(11)12(15)17-13(3,4)5/h10-11H,6-9H2,1-5H3/t11-/m0/s1. The first-order valence-electron chi connectivity index (χ1n) is 6.41. The van der Waals surface area contributed by atoms with E-state index in [1.54, 1.807) is 4.90 Å². The highest BCUT2D eigenvalue weighted by molar-refractivity contribution is 5.68. The van der Waals surface area contributed by atoms with E-state index in [1.807, 2.05) is 34.6 Å². The Hall–Kier alpha value is -0.770. The minimum Gasteiger partial charge on any atom is -0.444 e. The largest absolute Gasteiger partial charge is 0.444 e. The maximum atomic E-state index is 12.0. The van der Waals surface area contributed by atoms with Crippen molar-refractivity contribution in [3.63, 3.8) is 0 Å². The molecule has 0 saturated carbocycles. The number of ether oxygens (including phenoxy) is 2. The van der Waals surface area contributed by atoms with Crippen LogP contribution in [0.3, 0.4) is 0 Å². The monoisotopic (exact) mass is 243 g/mol. The van der Waals surface area contributed by atoms with E-state index in [1.165, 1.54) is 0 Å². The molecule has 1 fully saturated rings. The summed E-state index contributed by atoms with van der Waals surface area (Å²) >= 11 is 0. The fourth-order valence-electron chi connectivity index (χ4n) is 1.87. The Balaban J connectivity index is 2.48. The van der Waals surface area contributed by atoms with Crippen LogP contribution in [-0.2, 0) is 9.47 Å². The molecule has 1 aliphatic rings. The van der Waals surface area contributed by atoms with Crippen LogP contribution in [0.2, 0.25) is 0 Å². The number of nitrogens with zero attached hydrogens (tertiary/aromatic N) is 1. The smallest absolute Gasteiger partial charge is 0.410 e. The van der Waals surface area contributed by atoms with Gasteiger partial charge in [0.25, 0.3) is 0 Å². The van der Waals surface area contributed by atoms with Crippen LogP contribution in [-0.4, -0.2) is 41.9 Å². The molecule has 1 heterocycles. The Morgan fingerprint density at radius 3 is 2.59 bits per heavy atom. The van der Waals surface area contributed by atoms with Gasteiger partial charge in [0, 0.05) is 6.54 Å². The van der Waals surface area contributed by atoms with Crippen LogP contribution in [0, 0.1) is 0 Å². The molecule has 0 radical (unpaired) electrons. The van der Waals surface area contributed by atoms with Crippen molar-refractivity contribution in [2.24, 2.45) is 0 Å². The van der Waals surface area contributed by atoms with E-state index in [0.717, 1.165) is 19.4 Å². The Labute approximate surface area is 104 Å². The van der Waals surface area contributed by atoms with Gasteiger partial charge in [-0.2, -0.15) is 0 Å². The van der Waals surface area contributed by atoms with Crippen LogP contribution >= 0.6 is 0 Å². The molecule has 4 heteroatoms. The van der Waals surface area contributed by atoms with Gasteiger partial charge in [0.2, 0.25) is 0 Å². The predicted molar refractivity (Wildman–Crippen MR) is 67.1 cm³/mol. The van der Waals surface area contributed by atoms with Gasteiger partial charge < -0.3 is 14.4 Å². The average Bonchev–Trinajstić information content (AvgIpc) is 2.59. The minimum atomic E-state index is -0.427. The van der Waals surface area contributed by atoms with Crippen LogP contribution in [0.1, 0.15) is 47.5 Å². The van der Waals surface area contributed by atoms with Crippen molar-refractivity contribution in [3.8, 4) is 0 Å². The molecular weight excluding hydrogens is 218 g/mol. The van der Waals surface area contributed by atoms with Crippen LogP contribution in [0.5, 0.6) is 0 Å². The van der Waals surface area contributed by atoms with E-state index in [9.17, 15) is 4.79 Å². The molecule has 1 rings (SSSR count). The molecule has 1 aliphatic heterocycles. The van der Waals surface area contributed by atoms with Crippen molar-refractivity contribution in [2.75, 3.05) is 13.2 Å². The summed E-state index contributed by atoms with van der Waals surface area (Å²) in [6, 6.07) is 0.173. The van der Waals surface area contributed by atoms with E-state index in [-0.39, 0.29) is 18.2 Å². The summed E-state index contributed by atoms with van der Waals surface area (Å²) in [6.07, 6.45) is 2.03. The Morgan fingerprint density at radius 1 is 1.41 bits per heavy atom. The second-order valence-electron chi connectivity index (χ2n) is 5.85. The summed E-state index contributed by atoms with van der Waals surface area (Å²) in [5.74, 6) is 0. The summed E-state index contributed by atoms with van der Waals surface area (Å²) < 4.78 is 11.0. The van der Waals surface area contributed by atoms with Gasteiger partial charge in [0.05, 0.1) is 18.8 Å². The minimum absolute atomic E-state index is 0.173. The Morgan fingerprint density at radius 2 is 2.06 bits per heavy atom. The Kier molecular flexibility index (Phi) is 4.80. The SMILES string of the molecule is CC(C)OC[C@@H]1CCCN1C(=O)OC(C)(C)C. The van der Waals surface area contributed by atoms with Crippen LogP contribution in [0.25, 0.3) is 0 Å². The van der Waals surface area contributed by atoms with Gasteiger partial charge in [0.1, 0.15) is 5.60 Å². The molecule has 0 aromatic carbocycles. The molecule has 1 atom stereocenters. The zero-order valence-electron chi connectivity index (χ0n) is 11.7. The van der Waals surface area contributed by atoms with E-state index in [2.05, 4.69) is 0 Å². The molecular formula is C13H25NO3. The summed E-state index contributed by atoms with van der Waals surface area (Å²) in [4.78, 5) is 13.8. The number of hydrogen-bond acceptors (Lipinski definition) is 3. The van der Waals surface area contributed by atoms with Crippen LogP contribution in [0.4, 0.5) is 4.79 Å². The van der Waals surface area contributed by atoms with Crippen LogP contribution in [0.15, 0.2) is 0 Å². The molecule has 0 bridgehead atoms. The number of amides is 1. The van der Waals surface area contributed by atoms with Gasteiger partial charge in [-0.25, -0.2) is 4.79 Å². The third kappa shape index (κ3) is 4.94. The van der Waals surface area contributed by atoms with Crippen molar-refractivity contribution in [1.82, 2.24) is 4.90 Å². The zero-order chi connectivity index (χ0) is 13.1. The molecule has 0 unspecified atom stereocenters. The first kappa shape index (κ1) is 14.3. The topological polar surface area (TPSA) is 38.8 Å². The predicted octanol–water partition coefficient (Wildman–Crippen LogP) is 2.81. The zero-order valence-corrected chi connectivity index (χ0v) is 11.7. The van der Waals surface area contributed by atoms with E-state index in [4.69, 9.17) is 9.47 Å². The highest BCUT2D eigenvalue weighted by atomic mass is 16.6. The van der Waals surface area contributed by atoms with Crippen molar-refractivity contribution in [1.29, 1.82) is 0 Å². The third-order valence-electron chi connectivity index (χ3n) is 2.63. The first-order valence-corrected chi connectivity index (χ1v) is 6.41. The number of carbonyl (C=O) groups excluding carboxylic acids is 1. The van der Waals surface area contributed by atoms with Gasteiger partial charge in [-0.3, -0.25) is 0 Å². The highest BCUT2D eigenvalue weighted by Gasteiger charge is 2.32. The summed E-state index contributed by atoms with van der Waals surface area (Å²) in [5, 5.41) is 0. The number of hydrogen-bond donors (Lipinski definition) is 0. The summed E-state index contributed by atoms with van der Waals surface area (Å²) in [6.45, 7) is 11.1. The van der Waals surface area contributed by atoms with Gasteiger partial charge >= 0.3 is 6.09 Å². The van der Waals surface area contributed by atoms with Crippen molar-refractivity contribution < 1.29 is 14.3 Å². The lowest BCUT2D eigenvalue weighted by atomic mass is 10.2. The number of likely N-dealkylation sites (tertiary alicyclic amines) is 1.